The van der Waals surface area contributed by atoms with Gasteiger partial charge in [0.15, 0.2) is 0 Å². The summed E-state index contributed by atoms with van der Waals surface area (Å²) in [6.45, 7) is 1.55. The van der Waals surface area contributed by atoms with Crippen LogP contribution in [0.25, 0.3) is 0 Å². The molecular weight excluding hydrogens is 314 g/mol. The molecule has 25 heavy (non-hydrogen) atoms. The third-order valence-corrected chi connectivity index (χ3v) is 4.62. The van der Waals surface area contributed by atoms with Gasteiger partial charge in [0.1, 0.15) is 0 Å². The lowest BCUT2D eigenvalue weighted by Crippen LogP contribution is -2.43. The summed E-state index contributed by atoms with van der Waals surface area (Å²) in [4.78, 5) is 26.6. The van der Waals surface area contributed by atoms with Crippen molar-refractivity contribution in [1.82, 2.24) is 10.2 Å². The Hall–Kier alpha value is -2.66. The first kappa shape index (κ1) is 17.2. The van der Waals surface area contributed by atoms with Gasteiger partial charge in [0.05, 0.1) is 0 Å². The summed E-state index contributed by atoms with van der Waals surface area (Å²) >= 11 is 0. The van der Waals surface area contributed by atoms with E-state index in [-0.39, 0.29) is 11.8 Å². The fourth-order valence-electron chi connectivity index (χ4n) is 3.04. The first-order valence-corrected chi connectivity index (χ1v) is 8.60. The first-order valence-electron chi connectivity index (χ1n) is 8.60. The number of hydrogen-bond acceptors (Lipinski definition) is 3. The summed E-state index contributed by atoms with van der Waals surface area (Å²) in [6, 6.07) is 16.6. The van der Waals surface area contributed by atoms with Crippen LogP contribution in [0.5, 0.6) is 0 Å². The number of amides is 2. The van der Waals surface area contributed by atoms with Crippen LogP contribution in [0.4, 0.5) is 5.69 Å². The second-order valence-electron chi connectivity index (χ2n) is 6.25. The number of nitrogens with one attached hydrogen (secondary N) is 2. The Labute approximate surface area is 148 Å². The molecule has 5 heteroatoms. The van der Waals surface area contributed by atoms with E-state index in [1.165, 1.54) is 0 Å². The number of hydrogen-bond donors (Lipinski definition) is 2. The lowest BCUT2D eigenvalue weighted by Gasteiger charge is -2.31. The highest BCUT2D eigenvalue weighted by Gasteiger charge is 2.22. The van der Waals surface area contributed by atoms with E-state index in [1.807, 2.05) is 30.1 Å². The van der Waals surface area contributed by atoms with Crippen LogP contribution in [0.3, 0.4) is 0 Å². The zero-order valence-corrected chi connectivity index (χ0v) is 14.4. The minimum Gasteiger partial charge on any atom is -0.339 e. The van der Waals surface area contributed by atoms with Crippen LogP contribution in [0.1, 0.15) is 33.6 Å². The molecule has 5 nitrogen and oxygen atoms in total. The Morgan fingerprint density at radius 3 is 2.16 bits per heavy atom. The number of carbonyl (C=O) groups excluding carboxylic acids is 2. The smallest absolute Gasteiger partial charge is 0.255 e. The predicted octanol–water partition coefficient (Wildman–Crippen LogP) is 2.76. The van der Waals surface area contributed by atoms with E-state index < -0.39 is 0 Å². The summed E-state index contributed by atoms with van der Waals surface area (Å²) in [7, 11) is 1.96. The molecule has 0 spiro atoms. The van der Waals surface area contributed by atoms with E-state index in [0.717, 1.165) is 25.9 Å². The van der Waals surface area contributed by atoms with E-state index in [2.05, 4.69) is 10.6 Å². The lowest BCUT2D eigenvalue weighted by atomic mass is 10.0. The Kier molecular flexibility index (Phi) is 5.46. The molecule has 1 fully saturated rings. The van der Waals surface area contributed by atoms with E-state index in [9.17, 15) is 9.59 Å². The maximum Gasteiger partial charge on any atom is 0.255 e. The second-order valence-corrected chi connectivity index (χ2v) is 6.25. The van der Waals surface area contributed by atoms with Crippen molar-refractivity contribution in [1.29, 1.82) is 0 Å². The van der Waals surface area contributed by atoms with Gasteiger partial charge in [-0.2, -0.15) is 0 Å². The topological polar surface area (TPSA) is 61.4 Å². The van der Waals surface area contributed by atoms with Gasteiger partial charge in [-0.15, -0.1) is 0 Å². The van der Waals surface area contributed by atoms with Crippen LogP contribution in [0.15, 0.2) is 54.6 Å². The van der Waals surface area contributed by atoms with E-state index in [4.69, 9.17) is 0 Å². The normalized spacial score (nSPS) is 15.0. The molecule has 1 aliphatic heterocycles. The van der Waals surface area contributed by atoms with Gasteiger partial charge in [0.2, 0.25) is 0 Å². The summed E-state index contributed by atoms with van der Waals surface area (Å²) in [5, 5.41) is 6.11. The zero-order valence-electron chi connectivity index (χ0n) is 14.4. The summed E-state index contributed by atoms with van der Waals surface area (Å²) in [5.74, 6) is -0.107. The lowest BCUT2D eigenvalue weighted by molar-refractivity contribution is 0.0707. The van der Waals surface area contributed by atoms with Gasteiger partial charge in [0, 0.05) is 35.9 Å². The molecule has 2 aromatic carbocycles. The largest absolute Gasteiger partial charge is 0.339 e. The molecule has 1 saturated heterocycles. The molecule has 0 bridgehead atoms. The van der Waals surface area contributed by atoms with Gasteiger partial charge in [-0.05, 0) is 56.3 Å². The van der Waals surface area contributed by atoms with Crippen molar-refractivity contribution in [2.75, 3.05) is 25.5 Å². The van der Waals surface area contributed by atoms with Crippen LogP contribution in [-0.4, -0.2) is 42.9 Å². The number of piperidine rings is 1. The molecule has 2 aromatic rings. The standard InChI is InChI=1S/C20H23N3O2/c1-21-17-11-13-23(14-12-17)20(25)16-7-9-18(10-8-16)22-19(24)15-5-3-2-4-6-15/h2-10,17,21H,11-14H2,1H3,(H,22,24). The number of nitrogens with zero attached hydrogens (tertiary/aromatic N) is 1. The predicted molar refractivity (Wildman–Crippen MR) is 98.8 cm³/mol. The fourth-order valence-corrected chi connectivity index (χ4v) is 3.04. The molecule has 2 N–H and O–H groups in total. The first-order chi connectivity index (χ1) is 12.2. The average Bonchev–Trinajstić information content (AvgIpc) is 2.69. The summed E-state index contributed by atoms with van der Waals surface area (Å²) < 4.78 is 0. The Balaban J connectivity index is 1.60. The van der Waals surface area contributed by atoms with Gasteiger partial charge < -0.3 is 15.5 Å². The molecule has 0 atom stereocenters. The molecule has 130 valence electrons. The minimum atomic E-state index is -0.159. The highest BCUT2D eigenvalue weighted by atomic mass is 16.2. The molecule has 2 amide bonds. The van der Waals surface area contributed by atoms with Crippen molar-refractivity contribution < 1.29 is 9.59 Å². The molecular formula is C20H23N3O2. The Morgan fingerprint density at radius 1 is 0.920 bits per heavy atom. The van der Waals surface area contributed by atoms with Crippen LogP contribution in [0.2, 0.25) is 0 Å². The van der Waals surface area contributed by atoms with Crippen molar-refractivity contribution >= 4 is 17.5 Å². The number of rotatable bonds is 4. The van der Waals surface area contributed by atoms with Crippen molar-refractivity contribution in [3.63, 3.8) is 0 Å². The van der Waals surface area contributed by atoms with Crippen LogP contribution >= 0.6 is 0 Å². The molecule has 0 unspecified atom stereocenters. The maximum atomic E-state index is 12.6. The molecule has 1 aliphatic rings. The van der Waals surface area contributed by atoms with E-state index >= 15 is 0 Å². The maximum absolute atomic E-state index is 12.6. The van der Waals surface area contributed by atoms with Gasteiger partial charge in [-0.3, -0.25) is 9.59 Å². The Morgan fingerprint density at radius 2 is 1.56 bits per heavy atom. The van der Waals surface area contributed by atoms with Gasteiger partial charge in [-0.25, -0.2) is 0 Å². The van der Waals surface area contributed by atoms with Crippen LogP contribution in [0, 0.1) is 0 Å². The van der Waals surface area contributed by atoms with Crippen molar-refractivity contribution in [3.05, 3.63) is 65.7 Å². The molecule has 0 saturated carbocycles. The molecule has 0 aliphatic carbocycles. The average molecular weight is 337 g/mol. The third kappa shape index (κ3) is 4.25. The fraction of sp³-hybridized carbons (Fsp3) is 0.300. The molecule has 0 radical (unpaired) electrons. The summed E-state index contributed by atoms with van der Waals surface area (Å²) in [6.07, 6.45) is 1.96. The van der Waals surface area contributed by atoms with Crippen LogP contribution < -0.4 is 10.6 Å². The van der Waals surface area contributed by atoms with Gasteiger partial charge in [-0.1, -0.05) is 18.2 Å². The summed E-state index contributed by atoms with van der Waals surface area (Å²) in [5.41, 5.74) is 1.94. The van der Waals surface area contributed by atoms with Crippen molar-refractivity contribution in [2.24, 2.45) is 0 Å². The number of anilines is 1. The molecule has 3 rings (SSSR count). The van der Waals surface area contributed by atoms with Gasteiger partial charge >= 0.3 is 0 Å². The van der Waals surface area contributed by atoms with E-state index in [0.29, 0.717) is 22.9 Å². The van der Waals surface area contributed by atoms with Crippen molar-refractivity contribution in [2.45, 2.75) is 18.9 Å². The third-order valence-electron chi connectivity index (χ3n) is 4.62. The van der Waals surface area contributed by atoms with Crippen molar-refractivity contribution in [3.8, 4) is 0 Å². The Bertz CT molecular complexity index is 720. The van der Waals surface area contributed by atoms with Crippen LogP contribution in [-0.2, 0) is 0 Å². The highest BCUT2D eigenvalue weighted by Crippen LogP contribution is 2.16. The SMILES string of the molecule is CNC1CCN(C(=O)c2ccc(NC(=O)c3ccccc3)cc2)CC1. The van der Waals surface area contributed by atoms with Gasteiger partial charge in [0.25, 0.3) is 11.8 Å². The number of benzene rings is 2. The zero-order chi connectivity index (χ0) is 17.6. The van der Waals surface area contributed by atoms with E-state index in [1.54, 1.807) is 36.4 Å². The quantitative estimate of drug-likeness (QED) is 0.902. The number of carbonyl (C=O) groups is 2. The molecule has 1 heterocycles. The monoisotopic (exact) mass is 337 g/mol. The highest BCUT2D eigenvalue weighted by molar-refractivity contribution is 6.04. The minimum absolute atomic E-state index is 0.0514. The second kappa shape index (κ2) is 7.94. The molecule has 0 aromatic heterocycles. The number of likely N-dealkylation sites (tertiary alicyclic amines) is 1.